The number of hydrogen-bond acceptors (Lipinski definition) is 4. The number of carbonyl (C=O) groups is 1. The van der Waals surface area contributed by atoms with E-state index in [2.05, 4.69) is 12.1 Å². The Morgan fingerprint density at radius 3 is 2.38 bits per heavy atom. The number of benzene rings is 2. The fraction of sp³-hybridized carbons (Fsp3) is 0.409. The molecule has 0 aliphatic carbocycles. The Hall–Kier alpha value is -2.17. The van der Waals surface area contributed by atoms with Crippen LogP contribution in [0.1, 0.15) is 42.6 Å². The molecule has 4 nitrogen and oxygen atoms in total. The summed E-state index contributed by atoms with van der Waals surface area (Å²) < 4.78 is 17.1. The van der Waals surface area contributed by atoms with Gasteiger partial charge in [-0.1, -0.05) is 30.3 Å². The first-order valence-electron chi connectivity index (χ1n) is 9.06. The number of aryl methyl sites for hydroxylation is 1. The predicted molar refractivity (Wildman–Crippen MR) is 101 cm³/mol. The molecule has 1 aliphatic rings. The van der Waals surface area contributed by atoms with Crippen molar-refractivity contribution in [3.63, 3.8) is 0 Å². The molecule has 1 fully saturated rings. The maximum atomic E-state index is 12.9. The zero-order valence-corrected chi connectivity index (χ0v) is 15.6. The van der Waals surface area contributed by atoms with E-state index in [4.69, 9.17) is 14.2 Å². The van der Waals surface area contributed by atoms with Crippen LogP contribution in [0.3, 0.4) is 0 Å². The van der Waals surface area contributed by atoms with Crippen molar-refractivity contribution in [2.24, 2.45) is 0 Å². The lowest BCUT2D eigenvalue weighted by molar-refractivity contribution is -0.143. The Balaban J connectivity index is 1.65. The summed E-state index contributed by atoms with van der Waals surface area (Å²) in [4.78, 5) is 12.9. The summed E-state index contributed by atoms with van der Waals surface area (Å²) in [5, 5.41) is 0. The van der Waals surface area contributed by atoms with E-state index in [0.717, 1.165) is 25.0 Å². The zero-order chi connectivity index (χ0) is 18.6. The maximum absolute atomic E-state index is 12.9. The van der Waals surface area contributed by atoms with Crippen molar-refractivity contribution in [1.29, 1.82) is 0 Å². The van der Waals surface area contributed by atoms with Gasteiger partial charge in [0.25, 0.3) is 0 Å². The van der Waals surface area contributed by atoms with E-state index >= 15 is 0 Å². The highest BCUT2D eigenvalue weighted by Gasteiger charge is 2.44. The van der Waals surface area contributed by atoms with Crippen LogP contribution in [0.15, 0.2) is 54.6 Å². The standard InChI is InChI=1S/C22H26O4/c1-22(2)25-19(11-7-10-16-8-5-4-6-9-16)21(26-22)20(23)17-12-14-18(24-3)15-13-17/h4-6,8-9,12-15,19,21H,7,10-11H2,1-3H3/t19-,21+/m0/s1. The van der Waals surface area contributed by atoms with E-state index < -0.39 is 11.9 Å². The van der Waals surface area contributed by atoms with E-state index in [1.807, 2.05) is 32.0 Å². The summed E-state index contributed by atoms with van der Waals surface area (Å²) >= 11 is 0. The van der Waals surface area contributed by atoms with Crippen LogP contribution in [-0.2, 0) is 15.9 Å². The van der Waals surface area contributed by atoms with Crippen LogP contribution in [0.2, 0.25) is 0 Å². The first kappa shape index (κ1) is 18.6. The Labute approximate surface area is 155 Å². The molecule has 1 aliphatic heterocycles. The van der Waals surface area contributed by atoms with Gasteiger partial charge in [0.1, 0.15) is 11.9 Å². The molecular weight excluding hydrogens is 328 g/mol. The van der Waals surface area contributed by atoms with Gasteiger partial charge in [-0.15, -0.1) is 0 Å². The average Bonchev–Trinajstić information content (AvgIpc) is 2.96. The molecule has 0 amide bonds. The second-order valence-corrected chi connectivity index (χ2v) is 7.07. The Bertz CT molecular complexity index is 722. The summed E-state index contributed by atoms with van der Waals surface area (Å²) in [6, 6.07) is 17.5. The summed E-state index contributed by atoms with van der Waals surface area (Å²) in [6.45, 7) is 3.72. The Morgan fingerprint density at radius 1 is 1.04 bits per heavy atom. The van der Waals surface area contributed by atoms with Crippen LogP contribution in [0.5, 0.6) is 5.75 Å². The summed E-state index contributed by atoms with van der Waals surface area (Å²) in [5.41, 5.74) is 1.91. The highest BCUT2D eigenvalue weighted by molar-refractivity contribution is 6.00. The Morgan fingerprint density at radius 2 is 1.73 bits per heavy atom. The highest BCUT2D eigenvalue weighted by Crippen LogP contribution is 2.33. The largest absolute Gasteiger partial charge is 0.497 e. The molecule has 0 bridgehead atoms. The molecule has 0 spiro atoms. The fourth-order valence-corrected chi connectivity index (χ4v) is 3.34. The van der Waals surface area contributed by atoms with Gasteiger partial charge in [0.05, 0.1) is 13.2 Å². The molecule has 3 rings (SSSR count). The molecule has 2 aromatic rings. The molecule has 2 aromatic carbocycles. The number of Topliss-reactive ketones (excluding diaryl/α,β-unsaturated/α-hetero) is 1. The lowest BCUT2D eigenvalue weighted by Gasteiger charge is -2.16. The van der Waals surface area contributed by atoms with E-state index in [9.17, 15) is 4.79 Å². The van der Waals surface area contributed by atoms with Gasteiger partial charge in [-0.25, -0.2) is 0 Å². The molecule has 1 heterocycles. The normalized spacial score (nSPS) is 21.5. The fourth-order valence-electron chi connectivity index (χ4n) is 3.34. The molecule has 0 aromatic heterocycles. The van der Waals surface area contributed by atoms with Crippen molar-refractivity contribution in [3.05, 3.63) is 65.7 Å². The third-order valence-electron chi connectivity index (χ3n) is 4.61. The average molecular weight is 354 g/mol. The molecule has 0 radical (unpaired) electrons. The van der Waals surface area contributed by atoms with Gasteiger partial charge in [-0.2, -0.15) is 0 Å². The quantitative estimate of drug-likeness (QED) is 0.691. The van der Waals surface area contributed by atoms with E-state index in [0.29, 0.717) is 5.56 Å². The van der Waals surface area contributed by atoms with Crippen LogP contribution in [-0.4, -0.2) is 30.9 Å². The van der Waals surface area contributed by atoms with Crippen LogP contribution < -0.4 is 4.74 Å². The van der Waals surface area contributed by atoms with Crippen LogP contribution in [0.4, 0.5) is 0 Å². The molecule has 138 valence electrons. The van der Waals surface area contributed by atoms with Gasteiger partial charge in [0.2, 0.25) is 0 Å². The molecule has 0 unspecified atom stereocenters. The minimum absolute atomic E-state index is 0.0389. The number of rotatable bonds is 7. The van der Waals surface area contributed by atoms with Gasteiger partial charge >= 0.3 is 0 Å². The smallest absolute Gasteiger partial charge is 0.194 e. The van der Waals surface area contributed by atoms with Crippen LogP contribution in [0, 0.1) is 0 Å². The summed E-state index contributed by atoms with van der Waals surface area (Å²) in [5.74, 6) is -0.0580. The number of methoxy groups -OCH3 is 1. The SMILES string of the molecule is COc1ccc(C(=O)[C@@H]2OC(C)(C)O[C@H]2CCCc2ccccc2)cc1. The van der Waals surface area contributed by atoms with Crippen LogP contribution >= 0.6 is 0 Å². The first-order valence-corrected chi connectivity index (χ1v) is 9.06. The molecule has 0 N–H and O–H groups in total. The first-order chi connectivity index (χ1) is 12.5. The van der Waals surface area contributed by atoms with Gasteiger partial charge in [-0.3, -0.25) is 4.79 Å². The van der Waals surface area contributed by atoms with E-state index in [-0.39, 0.29) is 11.9 Å². The molecule has 1 saturated heterocycles. The number of hydrogen-bond donors (Lipinski definition) is 0. The van der Waals surface area contributed by atoms with Crippen molar-refractivity contribution in [2.45, 2.75) is 51.1 Å². The van der Waals surface area contributed by atoms with E-state index in [1.165, 1.54) is 5.56 Å². The minimum atomic E-state index is -0.746. The number of ketones is 1. The Kier molecular flexibility index (Phi) is 5.74. The second-order valence-electron chi connectivity index (χ2n) is 7.07. The monoisotopic (exact) mass is 354 g/mol. The van der Waals surface area contributed by atoms with Gasteiger partial charge < -0.3 is 14.2 Å². The van der Waals surface area contributed by atoms with Crippen molar-refractivity contribution in [3.8, 4) is 5.75 Å². The molecule has 26 heavy (non-hydrogen) atoms. The minimum Gasteiger partial charge on any atom is -0.497 e. The predicted octanol–water partition coefficient (Wildman–Crippen LogP) is 4.42. The summed E-state index contributed by atoms with van der Waals surface area (Å²) in [7, 11) is 1.61. The molecule has 4 heteroatoms. The highest BCUT2D eigenvalue weighted by atomic mass is 16.8. The van der Waals surface area contributed by atoms with Gasteiger partial charge in [-0.05, 0) is 62.9 Å². The van der Waals surface area contributed by atoms with Crippen LogP contribution in [0.25, 0.3) is 0 Å². The van der Waals surface area contributed by atoms with Crippen molar-refractivity contribution in [1.82, 2.24) is 0 Å². The lowest BCUT2D eigenvalue weighted by atomic mass is 9.97. The number of ether oxygens (including phenoxy) is 3. The third-order valence-corrected chi connectivity index (χ3v) is 4.61. The third kappa shape index (κ3) is 4.51. The van der Waals surface area contributed by atoms with E-state index in [1.54, 1.807) is 31.4 Å². The topological polar surface area (TPSA) is 44.8 Å². The molecule has 0 saturated carbocycles. The zero-order valence-electron chi connectivity index (χ0n) is 15.6. The number of carbonyl (C=O) groups excluding carboxylic acids is 1. The van der Waals surface area contributed by atoms with Gasteiger partial charge in [0.15, 0.2) is 11.6 Å². The maximum Gasteiger partial charge on any atom is 0.194 e. The molecule has 2 atom stereocenters. The van der Waals surface area contributed by atoms with Gasteiger partial charge in [0, 0.05) is 5.56 Å². The van der Waals surface area contributed by atoms with Crippen molar-refractivity contribution in [2.75, 3.05) is 7.11 Å². The summed E-state index contributed by atoms with van der Waals surface area (Å²) in [6.07, 6.45) is 1.88. The lowest BCUT2D eigenvalue weighted by Crippen LogP contribution is -2.31. The van der Waals surface area contributed by atoms with Crippen molar-refractivity contribution < 1.29 is 19.0 Å². The second kappa shape index (κ2) is 8.02. The molecular formula is C22H26O4. The van der Waals surface area contributed by atoms with Crippen molar-refractivity contribution >= 4 is 5.78 Å².